The number of rotatable bonds is 4. The summed E-state index contributed by atoms with van der Waals surface area (Å²) < 4.78 is 10.3. The number of hydrogen-bond donors (Lipinski definition) is 0. The molecule has 2 rings (SSSR count). The minimum Gasteiger partial charge on any atom is -0.369 e. The van der Waals surface area contributed by atoms with Crippen LogP contribution < -0.4 is 0 Å². The van der Waals surface area contributed by atoms with Crippen molar-refractivity contribution < 1.29 is 9.26 Å². The van der Waals surface area contributed by atoms with E-state index >= 15 is 0 Å². The number of ether oxygens (including phenoxy) is 1. The van der Waals surface area contributed by atoms with Crippen molar-refractivity contribution in [1.29, 1.82) is 0 Å². The summed E-state index contributed by atoms with van der Waals surface area (Å²) in [6, 6.07) is 9.71. The molecule has 1 aromatic carbocycles. The third-order valence-corrected chi connectivity index (χ3v) is 2.40. The van der Waals surface area contributed by atoms with E-state index in [0.29, 0.717) is 11.7 Å². The minimum atomic E-state index is -0.318. The molecular formula is C11H11ClN2O2. The van der Waals surface area contributed by atoms with Gasteiger partial charge in [0.05, 0.1) is 0 Å². The molecular weight excluding hydrogens is 228 g/mol. The average Bonchev–Trinajstić information content (AvgIpc) is 2.80. The van der Waals surface area contributed by atoms with Crippen molar-refractivity contribution >= 4 is 11.6 Å². The maximum Gasteiger partial charge on any atom is 0.241 e. The van der Waals surface area contributed by atoms with E-state index in [0.717, 1.165) is 5.56 Å². The van der Waals surface area contributed by atoms with Crippen LogP contribution in [0.3, 0.4) is 0 Å². The number of methoxy groups -OCH3 is 1. The molecule has 0 saturated carbocycles. The van der Waals surface area contributed by atoms with Crippen LogP contribution in [0.25, 0.3) is 0 Å². The standard InChI is InChI=1S/C11H11ClN2O2/c1-15-10(8-5-3-2-4-6-8)11-13-9(7-12)16-14-11/h2-6,10H,7H2,1H3/t10-/m1/s1. The molecule has 1 aromatic heterocycles. The molecule has 0 aliphatic carbocycles. The molecule has 0 N–H and O–H groups in total. The molecule has 0 bridgehead atoms. The van der Waals surface area contributed by atoms with Crippen molar-refractivity contribution in [1.82, 2.24) is 10.1 Å². The maximum absolute atomic E-state index is 5.60. The molecule has 0 unspecified atom stereocenters. The molecule has 0 aliphatic rings. The highest BCUT2D eigenvalue weighted by Crippen LogP contribution is 2.22. The summed E-state index contributed by atoms with van der Waals surface area (Å²) in [6.07, 6.45) is -0.318. The van der Waals surface area contributed by atoms with Gasteiger partial charge in [-0.3, -0.25) is 0 Å². The molecule has 1 atom stereocenters. The fourth-order valence-corrected chi connectivity index (χ4v) is 1.56. The predicted molar refractivity (Wildman–Crippen MR) is 59.1 cm³/mol. The zero-order valence-electron chi connectivity index (χ0n) is 8.76. The highest BCUT2D eigenvalue weighted by atomic mass is 35.5. The summed E-state index contributed by atoms with van der Waals surface area (Å²) in [5, 5.41) is 3.84. The van der Waals surface area contributed by atoms with Crippen LogP contribution in [0, 0.1) is 0 Å². The predicted octanol–water partition coefficient (Wildman–Crippen LogP) is 2.54. The number of alkyl halides is 1. The molecule has 0 aliphatic heterocycles. The van der Waals surface area contributed by atoms with E-state index in [2.05, 4.69) is 10.1 Å². The van der Waals surface area contributed by atoms with Gasteiger partial charge in [-0.25, -0.2) is 0 Å². The fourth-order valence-electron chi connectivity index (χ4n) is 1.45. The Labute approximate surface area is 98.2 Å². The first-order chi connectivity index (χ1) is 7.85. The number of halogens is 1. The summed E-state index contributed by atoms with van der Waals surface area (Å²) in [7, 11) is 1.61. The lowest BCUT2D eigenvalue weighted by molar-refractivity contribution is 0.126. The normalized spacial score (nSPS) is 12.6. The van der Waals surface area contributed by atoms with Crippen molar-refractivity contribution in [3.8, 4) is 0 Å². The number of aromatic nitrogens is 2. The topological polar surface area (TPSA) is 48.2 Å². The molecule has 5 heteroatoms. The van der Waals surface area contributed by atoms with Gasteiger partial charge in [-0.1, -0.05) is 35.5 Å². The molecule has 16 heavy (non-hydrogen) atoms. The van der Waals surface area contributed by atoms with E-state index in [1.165, 1.54) is 0 Å². The Balaban J connectivity index is 2.29. The monoisotopic (exact) mass is 238 g/mol. The highest BCUT2D eigenvalue weighted by Gasteiger charge is 2.19. The first kappa shape index (κ1) is 11.1. The van der Waals surface area contributed by atoms with E-state index in [1.54, 1.807) is 7.11 Å². The van der Waals surface area contributed by atoms with Gasteiger partial charge in [0.1, 0.15) is 12.0 Å². The van der Waals surface area contributed by atoms with Gasteiger partial charge in [0, 0.05) is 7.11 Å². The highest BCUT2D eigenvalue weighted by molar-refractivity contribution is 6.16. The van der Waals surface area contributed by atoms with Crippen molar-refractivity contribution in [2.24, 2.45) is 0 Å². The van der Waals surface area contributed by atoms with Crippen molar-refractivity contribution in [2.45, 2.75) is 12.0 Å². The zero-order valence-corrected chi connectivity index (χ0v) is 9.52. The number of hydrogen-bond acceptors (Lipinski definition) is 4. The third kappa shape index (κ3) is 2.23. The Bertz CT molecular complexity index is 444. The second kappa shape index (κ2) is 5.09. The van der Waals surface area contributed by atoms with E-state index in [4.69, 9.17) is 20.9 Å². The van der Waals surface area contributed by atoms with Crippen LogP contribution in [0.5, 0.6) is 0 Å². The zero-order chi connectivity index (χ0) is 11.4. The van der Waals surface area contributed by atoms with Crippen LogP contribution in [0.15, 0.2) is 34.9 Å². The molecule has 0 radical (unpaired) electrons. The fraction of sp³-hybridized carbons (Fsp3) is 0.273. The first-order valence-corrected chi connectivity index (χ1v) is 5.34. The largest absolute Gasteiger partial charge is 0.369 e. The summed E-state index contributed by atoms with van der Waals surface area (Å²) >= 11 is 5.60. The lowest BCUT2D eigenvalue weighted by atomic mass is 10.1. The Morgan fingerprint density at radius 1 is 1.38 bits per heavy atom. The van der Waals surface area contributed by atoms with Crippen molar-refractivity contribution in [2.75, 3.05) is 7.11 Å². The van der Waals surface area contributed by atoms with Crippen LogP contribution in [0.2, 0.25) is 0 Å². The lowest BCUT2D eigenvalue weighted by Crippen LogP contribution is -2.05. The average molecular weight is 239 g/mol. The van der Waals surface area contributed by atoms with Gasteiger partial charge in [-0.05, 0) is 5.56 Å². The Hall–Kier alpha value is -1.39. The van der Waals surface area contributed by atoms with Crippen molar-refractivity contribution in [3.63, 3.8) is 0 Å². The first-order valence-electron chi connectivity index (χ1n) is 4.81. The molecule has 0 saturated heterocycles. The molecule has 0 amide bonds. The van der Waals surface area contributed by atoms with Gasteiger partial charge in [-0.15, -0.1) is 11.6 Å². The Morgan fingerprint density at radius 2 is 2.12 bits per heavy atom. The lowest BCUT2D eigenvalue weighted by Gasteiger charge is -2.10. The van der Waals surface area contributed by atoms with Crippen LogP contribution in [-0.2, 0) is 10.6 Å². The third-order valence-electron chi connectivity index (χ3n) is 2.17. The van der Waals surface area contributed by atoms with Crippen LogP contribution in [0.4, 0.5) is 0 Å². The minimum absolute atomic E-state index is 0.207. The summed E-state index contributed by atoms with van der Waals surface area (Å²) in [5.74, 6) is 1.09. The van der Waals surface area contributed by atoms with Crippen molar-refractivity contribution in [3.05, 3.63) is 47.6 Å². The second-order valence-electron chi connectivity index (χ2n) is 3.21. The van der Waals surface area contributed by atoms with Gasteiger partial charge >= 0.3 is 0 Å². The van der Waals surface area contributed by atoms with Gasteiger partial charge in [0.25, 0.3) is 0 Å². The van der Waals surface area contributed by atoms with Gasteiger partial charge in [-0.2, -0.15) is 4.98 Å². The van der Waals surface area contributed by atoms with Crippen LogP contribution in [0.1, 0.15) is 23.4 Å². The molecule has 84 valence electrons. The van der Waals surface area contributed by atoms with E-state index in [1.807, 2.05) is 30.3 Å². The smallest absolute Gasteiger partial charge is 0.241 e. The van der Waals surface area contributed by atoms with Gasteiger partial charge in [0.15, 0.2) is 0 Å². The van der Waals surface area contributed by atoms with E-state index in [9.17, 15) is 0 Å². The number of benzene rings is 1. The Morgan fingerprint density at radius 3 is 2.69 bits per heavy atom. The van der Waals surface area contributed by atoms with Gasteiger partial charge in [0.2, 0.25) is 11.7 Å². The van der Waals surface area contributed by atoms with Crippen LogP contribution in [-0.4, -0.2) is 17.3 Å². The SMILES string of the molecule is CO[C@H](c1ccccc1)c1noc(CCl)n1. The van der Waals surface area contributed by atoms with E-state index < -0.39 is 0 Å². The number of nitrogens with zero attached hydrogens (tertiary/aromatic N) is 2. The summed E-state index contributed by atoms with van der Waals surface area (Å²) in [4.78, 5) is 4.14. The molecule has 2 aromatic rings. The molecule has 0 spiro atoms. The molecule has 4 nitrogen and oxygen atoms in total. The molecule has 1 heterocycles. The summed E-state index contributed by atoms with van der Waals surface area (Å²) in [6.45, 7) is 0. The maximum atomic E-state index is 5.60. The van der Waals surface area contributed by atoms with Gasteiger partial charge < -0.3 is 9.26 Å². The molecule has 0 fully saturated rings. The quantitative estimate of drug-likeness (QED) is 0.768. The second-order valence-corrected chi connectivity index (χ2v) is 3.47. The Kier molecular flexibility index (Phi) is 3.54. The summed E-state index contributed by atoms with van der Waals surface area (Å²) in [5.41, 5.74) is 0.979. The van der Waals surface area contributed by atoms with E-state index in [-0.39, 0.29) is 12.0 Å². The van der Waals surface area contributed by atoms with Crippen LogP contribution >= 0.6 is 11.6 Å².